The largest absolute Gasteiger partial charge is 0.379 e. The minimum atomic E-state index is -0.291. The Kier molecular flexibility index (Phi) is 17.7. The van der Waals surface area contributed by atoms with Crippen molar-refractivity contribution >= 4 is 34.4 Å². The summed E-state index contributed by atoms with van der Waals surface area (Å²) in [4.78, 5) is 23.8. The third-order valence-electron chi connectivity index (χ3n) is 4.02. The van der Waals surface area contributed by atoms with E-state index in [0.29, 0.717) is 59.5 Å². The van der Waals surface area contributed by atoms with Gasteiger partial charge in [0.2, 0.25) is 0 Å². The van der Waals surface area contributed by atoms with E-state index in [1.165, 1.54) is 35.8 Å². The van der Waals surface area contributed by atoms with Gasteiger partial charge in [-0.3, -0.25) is 14.5 Å². The highest BCUT2D eigenvalue weighted by molar-refractivity contribution is 14.1. The zero-order valence-corrected chi connectivity index (χ0v) is 19.3. The van der Waals surface area contributed by atoms with Gasteiger partial charge in [-0.1, -0.05) is 35.4 Å². The fourth-order valence-electron chi connectivity index (χ4n) is 2.44. The van der Waals surface area contributed by atoms with E-state index in [4.69, 9.17) is 23.7 Å². The van der Waals surface area contributed by atoms with E-state index in [1.807, 2.05) is 0 Å². The number of hydrogen-bond donors (Lipinski definition) is 0. The normalized spacial score (nSPS) is 13.8. The number of amides is 2. The summed E-state index contributed by atoms with van der Waals surface area (Å²) in [5, 5.41) is 0. The van der Waals surface area contributed by atoms with Crippen molar-refractivity contribution < 1.29 is 33.3 Å². The zero-order chi connectivity index (χ0) is 21.0. The lowest BCUT2D eigenvalue weighted by Crippen LogP contribution is -2.33. The molecule has 0 aromatic carbocycles. The van der Waals surface area contributed by atoms with Crippen molar-refractivity contribution in [2.75, 3.05) is 77.0 Å². The van der Waals surface area contributed by atoms with Crippen LogP contribution in [0.2, 0.25) is 0 Å². The first-order valence-electron chi connectivity index (χ1n) is 10.2. The molecule has 0 saturated heterocycles. The molecule has 0 bridgehead atoms. The van der Waals surface area contributed by atoms with Crippen molar-refractivity contribution in [3.63, 3.8) is 0 Å². The number of unbranched alkanes of at least 4 members (excludes halogenated alkanes) is 3. The smallest absolute Gasteiger partial charge is 0.253 e. The highest BCUT2D eigenvalue weighted by Crippen LogP contribution is 2.03. The third-order valence-corrected chi connectivity index (χ3v) is 4.78. The lowest BCUT2D eigenvalue weighted by atomic mass is 10.2. The number of carbonyl (C=O) groups excluding carboxylic acids is 2. The molecular formula is C20H34INO7. The van der Waals surface area contributed by atoms with E-state index in [2.05, 4.69) is 22.6 Å². The summed E-state index contributed by atoms with van der Waals surface area (Å²) in [6.07, 6.45) is 7.48. The fraction of sp³-hybridized carbons (Fsp3) is 0.800. The standard InChI is InChI=1S/C20H34INO7/c21-7-3-1-2-4-9-25-11-13-27-15-17-29-18-16-28-14-12-26-10-8-22-19(23)5-6-20(22)24/h5-6H,1-4,7-18H2. The predicted molar refractivity (Wildman–Crippen MR) is 117 cm³/mol. The minimum Gasteiger partial charge on any atom is -0.379 e. The summed E-state index contributed by atoms with van der Waals surface area (Å²) in [6, 6.07) is 0. The molecule has 0 atom stereocenters. The molecule has 1 heterocycles. The van der Waals surface area contributed by atoms with Gasteiger partial charge >= 0.3 is 0 Å². The Morgan fingerprint density at radius 1 is 0.586 bits per heavy atom. The maximum Gasteiger partial charge on any atom is 0.253 e. The average molecular weight is 527 g/mol. The predicted octanol–water partition coefficient (Wildman–Crippen LogP) is 1.99. The first kappa shape index (κ1) is 26.4. The Morgan fingerprint density at radius 3 is 1.48 bits per heavy atom. The van der Waals surface area contributed by atoms with Gasteiger partial charge in [-0.25, -0.2) is 0 Å². The number of halogens is 1. The lowest BCUT2D eigenvalue weighted by Gasteiger charge is -2.13. The summed E-state index contributed by atoms with van der Waals surface area (Å²) in [7, 11) is 0. The molecule has 0 saturated carbocycles. The zero-order valence-electron chi connectivity index (χ0n) is 17.2. The first-order chi connectivity index (χ1) is 14.3. The fourth-order valence-corrected chi connectivity index (χ4v) is 2.98. The van der Waals surface area contributed by atoms with Crippen LogP contribution in [0.3, 0.4) is 0 Å². The van der Waals surface area contributed by atoms with Gasteiger partial charge in [0.25, 0.3) is 11.8 Å². The highest BCUT2D eigenvalue weighted by atomic mass is 127. The van der Waals surface area contributed by atoms with Gasteiger partial charge in [-0.15, -0.1) is 0 Å². The molecule has 29 heavy (non-hydrogen) atoms. The van der Waals surface area contributed by atoms with E-state index in [-0.39, 0.29) is 18.4 Å². The molecule has 0 spiro atoms. The Bertz CT molecular complexity index is 444. The van der Waals surface area contributed by atoms with Crippen molar-refractivity contribution in [3.05, 3.63) is 12.2 Å². The third kappa shape index (κ3) is 14.9. The molecule has 0 unspecified atom stereocenters. The second-order valence-corrected chi connectivity index (χ2v) is 7.41. The molecule has 0 radical (unpaired) electrons. The molecule has 1 aliphatic heterocycles. The Labute approximate surface area is 187 Å². The van der Waals surface area contributed by atoms with Crippen LogP contribution < -0.4 is 0 Å². The summed E-state index contributed by atoms with van der Waals surface area (Å²) in [5.41, 5.74) is 0. The Morgan fingerprint density at radius 2 is 1.00 bits per heavy atom. The molecular weight excluding hydrogens is 493 g/mol. The molecule has 1 aliphatic rings. The maximum absolute atomic E-state index is 11.3. The Hall–Kier alpha value is -0.590. The van der Waals surface area contributed by atoms with Crippen molar-refractivity contribution in [1.82, 2.24) is 4.90 Å². The van der Waals surface area contributed by atoms with Gasteiger partial charge in [-0.2, -0.15) is 0 Å². The second-order valence-electron chi connectivity index (χ2n) is 6.33. The van der Waals surface area contributed by atoms with Crippen LogP contribution in [0.15, 0.2) is 12.2 Å². The second kappa shape index (κ2) is 19.4. The Balaban J connectivity index is 1.69. The average Bonchev–Trinajstić information content (AvgIpc) is 3.04. The minimum absolute atomic E-state index is 0.261. The lowest BCUT2D eigenvalue weighted by molar-refractivity contribution is -0.137. The maximum atomic E-state index is 11.3. The van der Waals surface area contributed by atoms with Gasteiger partial charge in [0, 0.05) is 18.8 Å². The van der Waals surface area contributed by atoms with Crippen LogP contribution >= 0.6 is 22.6 Å². The SMILES string of the molecule is O=C1C=CC(=O)N1CCOCCOCCOCCOCCOCCCCCCI. The molecule has 168 valence electrons. The van der Waals surface area contributed by atoms with Crippen molar-refractivity contribution in [3.8, 4) is 0 Å². The van der Waals surface area contributed by atoms with E-state index >= 15 is 0 Å². The molecule has 0 fully saturated rings. The molecule has 2 amide bonds. The number of imide groups is 1. The molecule has 0 aromatic heterocycles. The number of rotatable bonds is 21. The molecule has 9 heteroatoms. The number of ether oxygens (including phenoxy) is 5. The molecule has 8 nitrogen and oxygen atoms in total. The first-order valence-corrected chi connectivity index (χ1v) is 11.8. The van der Waals surface area contributed by atoms with Gasteiger partial charge in [0.05, 0.1) is 66.0 Å². The van der Waals surface area contributed by atoms with Gasteiger partial charge in [-0.05, 0) is 17.3 Å². The highest BCUT2D eigenvalue weighted by Gasteiger charge is 2.22. The topological polar surface area (TPSA) is 83.5 Å². The van der Waals surface area contributed by atoms with Crippen molar-refractivity contribution in [1.29, 1.82) is 0 Å². The van der Waals surface area contributed by atoms with Gasteiger partial charge in [0.15, 0.2) is 0 Å². The van der Waals surface area contributed by atoms with E-state index in [1.54, 1.807) is 0 Å². The number of hydrogen-bond acceptors (Lipinski definition) is 7. The van der Waals surface area contributed by atoms with Crippen molar-refractivity contribution in [2.24, 2.45) is 0 Å². The molecule has 0 aliphatic carbocycles. The summed E-state index contributed by atoms with van der Waals surface area (Å²) in [5.74, 6) is -0.581. The van der Waals surface area contributed by atoms with Crippen LogP contribution in [0.25, 0.3) is 0 Å². The number of carbonyl (C=O) groups is 2. The van der Waals surface area contributed by atoms with Crippen LogP contribution in [-0.2, 0) is 33.3 Å². The number of nitrogens with zero attached hydrogens (tertiary/aromatic N) is 1. The quantitative estimate of drug-likeness (QED) is 0.0978. The number of alkyl halides is 1. The summed E-state index contributed by atoms with van der Waals surface area (Å²) < 4.78 is 28.3. The van der Waals surface area contributed by atoms with Crippen LogP contribution in [0.4, 0.5) is 0 Å². The van der Waals surface area contributed by atoms with E-state index in [9.17, 15) is 9.59 Å². The van der Waals surface area contributed by atoms with E-state index < -0.39 is 0 Å². The van der Waals surface area contributed by atoms with Gasteiger partial charge in [0.1, 0.15) is 0 Å². The molecule has 0 N–H and O–H groups in total. The summed E-state index contributed by atoms with van der Waals surface area (Å²) >= 11 is 2.41. The van der Waals surface area contributed by atoms with Crippen LogP contribution in [-0.4, -0.2) is 93.8 Å². The molecule has 0 aromatic rings. The molecule has 1 rings (SSSR count). The van der Waals surface area contributed by atoms with Crippen molar-refractivity contribution in [2.45, 2.75) is 25.7 Å². The monoisotopic (exact) mass is 527 g/mol. The van der Waals surface area contributed by atoms with Crippen LogP contribution in [0.5, 0.6) is 0 Å². The summed E-state index contributed by atoms with van der Waals surface area (Å²) in [6.45, 7) is 5.51. The van der Waals surface area contributed by atoms with Crippen LogP contribution in [0.1, 0.15) is 25.7 Å². The van der Waals surface area contributed by atoms with E-state index in [0.717, 1.165) is 17.9 Å². The van der Waals surface area contributed by atoms with Gasteiger partial charge < -0.3 is 23.7 Å². The van der Waals surface area contributed by atoms with Crippen LogP contribution in [0, 0.1) is 0 Å².